The summed E-state index contributed by atoms with van der Waals surface area (Å²) < 4.78 is 28.2. The van der Waals surface area contributed by atoms with Crippen molar-refractivity contribution in [2.75, 3.05) is 19.8 Å². The summed E-state index contributed by atoms with van der Waals surface area (Å²) in [6.07, 6.45) is -27.9. The second-order valence-corrected chi connectivity index (χ2v) is 13.1. The lowest BCUT2D eigenvalue weighted by Crippen LogP contribution is -2.60. The average molecular weight is 757 g/mol. The van der Waals surface area contributed by atoms with E-state index in [-0.39, 0.29) is 17.1 Å². The molecule has 14 N–H and O–H groups in total. The van der Waals surface area contributed by atoms with E-state index in [0.717, 1.165) is 6.07 Å². The van der Waals surface area contributed by atoms with Crippen molar-refractivity contribution >= 4 is 11.0 Å². The number of hydrogen-bond acceptors (Lipinski definition) is 20. The van der Waals surface area contributed by atoms with Crippen molar-refractivity contribution in [2.45, 2.75) is 91.7 Å². The third-order valence-corrected chi connectivity index (χ3v) is 9.79. The van der Waals surface area contributed by atoms with Crippen molar-refractivity contribution in [3.05, 3.63) is 51.7 Å². The summed E-state index contributed by atoms with van der Waals surface area (Å²) in [5, 5.41) is 147. The molecule has 53 heavy (non-hydrogen) atoms. The molecule has 1 aromatic heterocycles. The van der Waals surface area contributed by atoms with Crippen LogP contribution >= 0.6 is 0 Å². The number of aromatic hydroxyl groups is 3. The lowest BCUT2D eigenvalue weighted by molar-refractivity contribution is -0.314. The number of aliphatic hydroxyl groups excluding tert-OH is 11. The Balaban J connectivity index is 1.46. The van der Waals surface area contributed by atoms with Crippen molar-refractivity contribution in [2.24, 2.45) is 0 Å². The maximum Gasteiger partial charge on any atom is 0.197 e. The topological polar surface area (TPSA) is 350 Å². The first-order valence-corrected chi connectivity index (χ1v) is 16.4. The Morgan fingerprint density at radius 2 is 1.09 bits per heavy atom. The molecule has 2 aromatic carbocycles. The predicted octanol–water partition coefficient (Wildman–Crippen LogP) is -4.57. The average Bonchev–Trinajstić information content (AvgIpc) is 3.13. The molecule has 20 heteroatoms. The molecule has 0 radical (unpaired) electrons. The van der Waals surface area contributed by atoms with Gasteiger partial charge in [0.05, 0.1) is 30.9 Å². The summed E-state index contributed by atoms with van der Waals surface area (Å²) in [5.41, 5.74) is -2.85. The highest BCUT2D eigenvalue weighted by molar-refractivity contribution is 5.92. The van der Waals surface area contributed by atoms with Crippen LogP contribution in [0.15, 0.2) is 39.5 Å². The molecule has 3 fully saturated rings. The highest BCUT2D eigenvalue weighted by Crippen LogP contribution is 2.51. The van der Waals surface area contributed by atoms with E-state index in [2.05, 4.69) is 0 Å². The van der Waals surface area contributed by atoms with Crippen molar-refractivity contribution in [1.29, 1.82) is 0 Å². The molecule has 0 saturated carbocycles. The molecule has 0 spiro atoms. The van der Waals surface area contributed by atoms with Crippen LogP contribution in [0.5, 0.6) is 17.2 Å². The van der Waals surface area contributed by atoms with E-state index in [0.29, 0.717) is 0 Å². The van der Waals surface area contributed by atoms with Crippen LogP contribution in [0.3, 0.4) is 0 Å². The Kier molecular flexibility index (Phi) is 11.3. The van der Waals surface area contributed by atoms with Gasteiger partial charge in [0.25, 0.3) is 0 Å². The molecule has 292 valence electrons. The molecule has 3 saturated heterocycles. The van der Waals surface area contributed by atoms with Crippen LogP contribution in [-0.4, -0.2) is 171 Å². The zero-order chi connectivity index (χ0) is 38.6. The molecule has 0 bridgehead atoms. The highest BCUT2D eigenvalue weighted by Gasteiger charge is 2.51. The number of phenolic OH excluding ortho intramolecular Hbond substituents is 3. The van der Waals surface area contributed by atoms with Crippen LogP contribution in [0.1, 0.15) is 23.3 Å². The zero-order valence-corrected chi connectivity index (χ0v) is 27.4. The summed E-state index contributed by atoms with van der Waals surface area (Å²) in [6.45, 7) is -2.49. The van der Waals surface area contributed by atoms with Gasteiger partial charge in [0.2, 0.25) is 0 Å². The van der Waals surface area contributed by atoms with Gasteiger partial charge in [-0.2, -0.15) is 0 Å². The molecule has 15 unspecified atom stereocenters. The minimum Gasteiger partial charge on any atom is -0.508 e. The van der Waals surface area contributed by atoms with E-state index in [4.69, 9.17) is 23.4 Å². The van der Waals surface area contributed by atoms with E-state index in [1.807, 2.05) is 0 Å². The van der Waals surface area contributed by atoms with Gasteiger partial charge in [-0.25, -0.2) is 0 Å². The number of aliphatic hydroxyl groups is 11. The molecule has 15 atom stereocenters. The summed E-state index contributed by atoms with van der Waals surface area (Å²) in [7, 11) is 0. The van der Waals surface area contributed by atoms with Crippen molar-refractivity contribution < 1.29 is 94.9 Å². The predicted molar refractivity (Wildman–Crippen MR) is 171 cm³/mol. The molecule has 6 rings (SSSR count). The van der Waals surface area contributed by atoms with Gasteiger partial charge in [0, 0.05) is 11.6 Å². The van der Waals surface area contributed by atoms with Crippen molar-refractivity contribution in [1.82, 2.24) is 0 Å². The maximum absolute atomic E-state index is 13.7. The van der Waals surface area contributed by atoms with E-state index >= 15 is 0 Å². The van der Waals surface area contributed by atoms with Crippen LogP contribution in [0.4, 0.5) is 0 Å². The lowest BCUT2D eigenvalue weighted by Gasteiger charge is -2.43. The largest absolute Gasteiger partial charge is 0.508 e. The van der Waals surface area contributed by atoms with Crippen LogP contribution in [0.25, 0.3) is 22.3 Å². The summed E-state index contributed by atoms with van der Waals surface area (Å²) in [5.74, 6) is -2.48. The molecular weight excluding hydrogens is 716 g/mol. The van der Waals surface area contributed by atoms with E-state index in [1.165, 1.54) is 24.3 Å². The smallest absolute Gasteiger partial charge is 0.197 e. The Hall–Kier alpha value is -3.55. The van der Waals surface area contributed by atoms with Crippen molar-refractivity contribution in [3.8, 4) is 28.6 Å². The number of rotatable bonds is 8. The minimum atomic E-state index is -2.17. The number of ether oxygens (including phenoxy) is 4. The van der Waals surface area contributed by atoms with Gasteiger partial charge >= 0.3 is 0 Å². The number of fused-ring (bicyclic) bond motifs is 1. The number of phenols is 3. The Morgan fingerprint density at radius 1 is 0.585 bits per heavy atom. The molecule has 20 nitrogen and oxygen atoms in total. The summed E-state index contributed by atoms with van der Waals surface area (Å²) in [4.78, 5) is 13.7. The zero-order valence-electron chi connectivity index (χ0n) is 27.4. The van der Waals surface area contributed by atoms with Gasteiger partial charge < -0.3 is 94.9 Å². The lowest BCUT2D eigenvalue weighted by atomic mass is 9.85. The molecule has 3 aliphatic heterocycles. The van der Waals surface area contributed by atoms with Gasteiger partial charge in [-0.3, -0.25) is 4.79 Å². The number of hydrogen-bond donors (Lipinski definition) is 14. The standard InChI is InChI=1S/C33H40O20/c34-6-13-19(38)24(43)28(47)32(51-13)18-23(42)17(22(41)16-11(37)5-12(50-30(16)18)9-1-3-10(36)4-2-9)31-27(46)25(44)21(40)15(52-31)8-49-33-29(48)26(45)20(39)14(7-35)53-33/h1-5,13-15,19-21,24-29,31-36,38-48H,6-8H2. The van der Waals surface area contributed by atoms with Crippen LogP contribution in [0, 0.1) is 0 Å². The fourth-order valence-electron chi connectivity index (χ4n) is 6.77. The number of benzene rings is 2. The van der Waals surface area contributed by atoms with Crippen molar-refractivity contribution in [3.63, 3.8) is 0 Å². The molecule has 0 amide bonds. The van der Waals surface area contributed by atoms with Gasteiger partial charge in [-0.1, -0.05) is 0 Å². The molecule has 0 aliphatic carbocycles. The molecular formula is C33H40O20. The molecule has 3 aliphatic rings. The Bertz CT molecular complexity index is 1810. The minimum absolute atomic E-state index is 0.130. The molecule has 4 heterocycles. The van der Waals surface area contributed by atoms with E-state index < -0.39 is 151 Å². The van der Waals surface area contributed by atoms with Gasteiger partial charge in [0.15, 0.2) is 17.3 Å². The Labute approximate surface area is 297 Å². The SMILES string of the molecule is O=c1cc(-c2ccc(O)cc2)oc2c(C3OC(CO)C(O)C(O)C3O)c(O)c(C3OC(COC4OC(CO)C(O)C(O)C4O)C(O)C(O)C3O)c(O)c12. The second kappa shape index (κ2) is 15.3. The Morgan fingerprint density at radius 3 is 1.68 bits per heavy atom. The van der Waals surface area contributed by atoms with Crippen LogP contribution in [0.2, 0.25) is 0 Å². The van der Waals surface area contributed by atoms with E-state index in [9.17, 15) is 76.3 Å². The monoisotopic (exact) mass is 756 g/mol. The second-order valence-electron chi connectivity index (χ2n) is 13.1. The fraction of sp³-hybridized carbons (Fsp3) is 0.545. The maximum atomic E-state index is 13.7. The first-order valence-electron chi connectivity index (χ1n) is 16.4. The molecule has 3 aromatic rings. The fourth-order valence-corrected chi connectivity index (χ4v) is 6.77. The normalized spacial score (nSPS) is 37.9. The summed E-state index contributed by atoms with van der Waals surface area (Å²) in [6, 6.07) is 6.21. The van der Waals surface area contributed by atoms with Gasteiger partial charge in [-0.15, -0.1) is 0 Å². The third kappa shape index (κ3) is 6.86. The highest BCUT2D eigenvalue weighted by atomic mass is 16.7. The first kappa shape index (κ1) is 39.2. The first-order chi connectivity index (χ1) is 25.1. The van der Waals surface area contributed by atoms with Gasteiger partial charge in [-0.05, 0) is 24.3 Å². The third-order valence-electron chi connectivity index (χ3n) is 9.79. The van der Waals surface area contributed by atoms with Crippen LogP contribution in [-0.2, 0) is 18.9 Å². The van der Waals surface area contributed by atoms with Gasteiger partial charge in [0.1, 0.15) is 114 Å². The quantitative estimate of drug-likeness (QED) is 0.103. The van der Waals surface area contributed by atoms with Crippen LogP contribution < -0.4 is 5.43 Å². The summed E-state index contributed by atoms with van der Waals surface area (Å²) >= 11 is 0. The van der Waals surface area contributed by atoms with E-state index in [1.54, 1.807) is 0 Å².